The van der Waals surface area contributed by atoms with Crippen LogP contribution >= 0.6 is 23.2 Å². The van der Waals surface area contributed by atoms with E-state index in [-0.39, 0.29) is 11.9 Å². The van der Waals surface area contributed by atoms with Crippen molar-refractivity contribution >= 4 is 23.2 Å². The van der Waals surface area contributed by atoms with Crippen LogP contribution in [-0.4, -0.2) is 31.1 Å². The summed E-state index contributed by atoms with van der Waals surface area (Å²) in [4.78, 5) is 2.30. The van der Waals surface area contributed by atoms with Gasteiger partial charge >= 0.3 is 0 Å². The van der Waals surface area contributed by atoms with Crippen LogP contribution in [0.25, 0.3) is 0 Å². The Labute approximate surface area is 130 Å². The van der Waals surface area contributed by atoms with Gasteiger partial charge in [0.1, 0.15) is 5.82 Å². The average molecular weight is 319 g/mol. The molecule has 1 aliphatic heterocycles. The predicted octanol–water partition coefficient (Wildman–Crippen LogP) is 4.12. The number of nitrogens with zero attached hydrogens (tertiary/aromatic N) is 1. The van der Waals surface area contributed by atoms with Crippen molar-refractivity contribution in [2.24, 2.45) is 5.92 Å². The van der Waals surface area contributed by atoms with Gasteiger partial charge in [-0.1, -0.05) is 37.0 Å². The van der Waals surface area contributed by atoms with Crippen molar-refractivity contribution in [1.29, 1.82) is 0 Å². The first-order valence-corrected chi connectivity index (χ1v) is 7.84. The lowest BCUT2D eigenvalue weighted by Crippen LogP contribution is -2.45. The lowest BCUT2D eigenvalue weighted by Gasteiger charge is -2.36. The minimum atomic E-state index is -0.261. The van der Waals surface area contributed by atoms with Crippen molar-refractivity contribution in [3.63, 3.8) is 0 Å². The van der Waals surface area contributed by atoms with Crippen molar-refractivity contribution in [1.82, 2.24) is 10.2 Å². The topological polar surface area (TPSA) is 15.3 Å². The van der Waals surface area contributed by atoms with Crippen molar-refractivity contribution in [2.45, 2.75) is 26.3 Å². The number of nitrogens with one attached hydrogen (secondary N) is 1. The number of rotatable bonds is 4. The zero-order chi connectivity index (χ0) is 14.7. The van der Waals surface area contributed by atoms with Gasteiger partial charge in [0.25, 0.3) is 0 Å². The second-order valence-electron chi connectivity index (χ2n) is 5.69. The van der Waals surface area contributed by atoms with E-state index in [1.807, 2.05) is 0 Å². The Bertz CT molecular complexity index is 459. The minimum absolute atomic E-state index is 0.0108. The largest absolute Gasteiger partial charge is 0.314 e. The van der Waals surface area contributed by atoms with Gasteiger partial charge in [-0.2, -0.15) is 0 Å². The summed E-state index contributed by atoms with van der Waals surface area (Å²) < 4.78 is 14.3. The maximum Gasteiger partial charge on any atom is 0.129 e. The minimum Gasteiger partial charge on any atom is -0.314 e. The number of hydrogen-bond donors (Lipinski definition) is 1. The highest BCUT2D eigenvalue weighted by Crippen LogP contribution is 2.38. The maximum atomic E-state index is 14.3. The third-order valence-corrected chi connectivity index (χ3v) is 4.52. The third-order valence-electron chi connectivity index (χ3n) is 3.70. The molecule has 0 bridgehead atoms. The highest BCUT2D eigenvalue weighted by molar-refractivity contribution is 6.42. The molecule has 1 heterocycles. The number of halogens is 3. The molecule has 2 rings (SSSR count). The number of hydrogen-bond acceptors (Lipinski definition) is 2. The van der Waals surface area contributed by atoms with Crippen LogP contribution in [0.4, 0.5) is 4.39 Å². The monoisotopic (exact) mass is 318 g/mol. The van der Waals surface area contributed by atoms with Crippen molar-refractivity contribution < 1.29 is 4.39 Å². The van der Waals surface area contributed by atoms with Gasteiger partial charge in [-0.25, -0.2) is 4.39 Å². The van der Waals surface area contributed by atoms with Crippen LogP contribution in [0.5, 0.6) is 0 Å². The van der Waals surface area contributed by atoms with Crippen LogP contribution in [0, 0.1) is 11.7 Å². The summed E-state index contributed by atoms with van der Waals surface area (Å²) in [5, 5.41) is 4.10. The Balaban J connectivity index is 2.37. The molecule has 5 heteroatoms. The van der Waals surface area contributed by atoms with Gasteiger partial charge in [0.15, 0.2) is 0 Å². The van der Waals surface area contributed by atoms with Crippen molar-refractivity contribution in [3.05, 3.63) is 33.6 Å². The Kier molecular flexibility index (Phi) is 5.67. The number of piperazine rings is 1. The molecule has 0 amide bonds. The summed E-state index contributed by atoms with van der Waals surface area (Å²) in [5.41, 5.74) is 0.551. The summed E-state index contributed by atoms with van der Waals surface area (Å²) in [6, 6.07) is 2.93. The summed E-state index contributed by atoms with van der Waals surface area (Å²) in [5.74, 6) is 0.202. The first kappa shape index (κ1) is 16.0. The number of benzene rings is 1. The molecule has 1 fully saturated rings. The van der Waals surface area contributed by atoms with E-state index in [4.69, 9.17) is 23.2 Å². The van der Waals surface area contributed by atoms with E-state index in [1.165, 1.54) is 12.1 Å². The van der Waals surface area contributed by atoms with E-state index < -0.39 is 0 Å². The predicted molar refractivity (Wildman–Crippen MR) is 83.1 cm³/mol. The van der Waals surface area contributed by atoms with Crippen LogP contribution < -0.4 is 5.32 Å². The van der Waals surface area contributed by atoms with Gasteiger partial charge in [-0.3, -0.25) is 4.90 Å². The second-order valence-corrected chi connectivity index (χ2v) is 6.47. The zero-order valence-corrected chi connectivity index (χ0v) is 13.4. The fourth-order valence-corrected chi connectivity index (χ4v) is 3.18. The Morgan fingerprint density at radius 1 is 1.25 bits per heavy atom. The van der Waals surface area contributed by atoms with E-state index in [0.717, 1.165) is 32.6 Å². The van der Waals surface area contributed by atoms with E-state index in [0.29, 0.717) is 21.5 Å². The van der Waals surface area contributed by atoms with Gasteiger partial charge < -0.3 is 5.32 Å². The molecule has 0 saturated carbocycles. The van der Waals surface area contributed by atoms with E-state index in [2.05, 4.69) is 24.1 Å². The maximum absolute atomic E-state index is 14.3. The van der Waals surface area contributed by atoms with Gasteiger partial charge in [-0.15, -0.1) is 0 Å². The SMILES string of the molecule is CC(C)C[C@H](c1c(F)ccc(Cl)c1Cl)N1CCNCC1. The van der Waals surface area contributed by atoms with E-state index >= 15 is 0 Å². The lowest BCUT2D eigenvalue weighted by atomic mass is 9.94. The molecule has 1 aliphatic rings. The molecule has 112 valence electrons. The zero-order valence-electron chi connectivity index (χ0n) is 11.9. The molecule has 20 heavy (non-hydrogen) atoms. The normalized spacial score (nSPS) is 18.5. The standard InChI is InChI=1S/C15H21Cl2FN2/c1-10(2)9-13(20-7-5-19-6-8-20)14-12(18)4-3-11(16)15(14)17/h3-4,10,13,19H,5-9H2,1-2H3/t13-/m1/s1. The van der Waals surface area contributed by atoms with E-state index in [1.54, 1.807) is 0 Å². The summed E-state index contributed by atoms with van der Waals surface area (Å²) >= 11 is 12.4. The van der Waals surface area contributed by atoms with Crippen LogP contribution in [0.3, 0.4) is 0 Å². The Morgan fingerprint density at radius 3 is 2.50 bits per heavy atom. The van der Waals surface area contributed by atoms with Crippen LogP contribution in [0.2, 0.25) is 10.0 Å². The quantitative estimate of drug-likeness (QED) is 0.840. The van der Waals surface area contributed by atoms with Crippen LogP contribution in [0.1, 0.15) is 31.9 Å². The highest BCUT2D eigenvalue weighted by atomic mass is 35.5. The molecule has 0 aromatic heterocycles. The van der Waals surface area contributed by atoms with Gasteiger partial charge in [0.2, 0.25) is 0 Å². The molecule has 0 spiro atoms. The first-order valence-electron chi connectivity index (χ1n) is 7.09. The molecule has 1 N–H and O–H groups in total. The molecule has 0 radical (unpaired) electrons. The molecule has 0 unspecified atom stereocenters. The van der Waals surface area contributed by atoms with Gasteiger partial charge in [0.05, 0.1) is 10.0 Å². The average Bonchev–Trinajstić information content (AvgIpc) is 2.43. The molecule has 0 aliphatic carbocycles. The molecule has 1 saturated heterocycles. The molecule has 1 aromatic rings. The first-order chi connectivity index (χ1) is 9.50. The fourth-order valence-electron chi connectivity index (χ4n) is 2.74. The van der Waals surface area contributed by atoms with Crippen LogP contribution in [0.15, 0.2) is 12.1 Å². The Morgan fingerprint density at radius 2 is 1.90 bits per heavy atom. The third kappa shape index (κ3) is 3.64. The fraction of sp³-hybridized carbons (Fsp3) is 0.600. The summed E-state index contributed by atoms with van der Waals surface area (Å²) in [6.45, 7) is 7.94. The van der Waals surface area contributed by atoms with E-state index in [9.17, 15) is 4.39 Å². The lowest BCUT2D eigenvalue weighted by molar-refractivity contribution is 0.151. The van der Waals surface area contributed by atoms with Crippen molar-refractivity contribution in [2.75, 3.05) is 26.2 Å². The van der Waals surface area contributed by atoms with Crippen LogP contribution in [-0.2, 0) is 0 Å². The summed E-state index contributed by atoms with van der Waals surface area (Å²) in [7, 11) is 0. The summed E-state index contributed by atoms with van der Waals surface area (Å²) in [6.07, 6.45) is 0.872. The second kappa shape index (κ2) is 7.08. The molecule has 2 nitrogen and oxygen atoms in total. The van der Waals surface area contributed by atoms with Gasteiger partial charge in [0, 0.05) is 37.8 Å². The highest BCUT2D eigenvalue weighted by Gasteiger charge is 2.28. The molecule has 1 atom stereocenters. The van der Waals surface area contributed by atoms with Crippen molar-refractivity contribution in [3.8, 4) is 0 Å². The molecular formula is C15H21Cl2FN2. The Hall–Kier alpha value is -0.350. The molecular weight excluding hydrogens is 298 g/mol. The smallest absolute Gasteiger partial charge is 0.129 e. The molecule has 1 aromatic carbocycles. The van der Waals surface area contributed by atoms with Gasteiger partial charge in [-0.05, 0) is 24.5 Å².